The summed E-state index contributed by atoms with van der Waals surface area (Å²) in [6, 6.07) is 9.82. The number of amides is 1. The Balaban J connectivity index is 1.43. The molecule has 0 aliphatic heterocycles. The van der Waals surface area contributed by atoms with E-state index in [1.165, 1.54) is 0 Å². The number of fused-ring (bicyclic) bond motifs is 2. The number of carbonyl (C=O) groups excluding carboxylic acids is 1. The molecule has 0 unspecified atom stereocenters. The highest BCUT2D eigenvalue weighted by Crippen LogP contribution is 2.21. The van der Waals surface area contributed by atoms with Gasteiger partial charge in [-0.15, -0.1) is 16.4 Å². The lowest BCUT2D eigenvalue weighted by Crippen LogP contribution is -2.26. The minimum atomic E-state index is -0.305. The Morgan fingerprint density at radius 1 is 1.25 bits per heavy atom. The summed E-state index contributed by atoms with van der Waals surface area (Å²) in [7, 11) is 0. The fourth-order valence-electron chi connectivity index (χ4n) is 2.39. The van der Waals surface area contributed by atoms with Gasteiger partial charge in [-0.1, -0.05) is 12.1 Å². The van der Waals surface area contributed by atoms with Crippen LogP contribution in [0.2, 0.25) is 0 Å². The third-order valence-corrected chi connectivity index (χ3v) is 4.69. The zero-order chi connectivity index (χ0) is 16.5. The van der Waals surface area contributed by atoms with Crippen molar-refractivity contribution in [2.24, 2.45) is 0 Å². The molecule has 4 rings (SSSR count). The summed E-state index contributed by atoms with van der Waals surface area (Å²) in [4.78, 5) is 25.0. The van der Waals surface area contributed by atoms with Crippen molar-refractivity contribution in [1.82, 2.24) is 29.9 Å². The number of aryl methyl sites for hydroxylation is 1. The minimum absolute atomic E-state index is 0.126. The summed E-state index contributed by atoms with van der Waals surface area (Å²) in [5.41, 5.74) is 1.87. The molecule has 0 fully saturated rings. The van der Waals surface area contributed by atoms with Crippen molar-refractivity contribution in [3.63, 3.8) is 0 Å². The van der Waals surface area contributed by atoms with Crippen LogP contribution in [-0.4, -0.2) is 37.0 Å². The summed E-state index contributed by atoms with van der Waals surface area (Å²) >= 11 is 1.64. The molecule has 1 amide bonds. The molecule has 0 saturated carbocycles. The molecule has 24 heavy (non-hydrogen) atoms. The topological polar surface area (TPSA) is 85.1 Å². The van der Waals surface area contributed by atoms with Crippen molar-refractivity contribution in [3.8, 4) is 0 Å². The first-order valence-corrected chi connectivity index (χ1v) is 8.33. The van der Waals surface area contributed by atoms with E-state index < -0.39 is 0 Å². The first-order valence-electron chi connectivity index (χ1n) is 7.52. The number of para-hydroxylation sites is 1. The lowest BCUT2D eigenvalue weighted by molar-refractivity contribution is 0.0944. The van der Waals surface area contributed by atoms with Gasteiger partial charge in [-0.05, 0) is 25.1 Å². The predicted molar refractivity (Wildman–Crippen MR) is 91.2 cm³/mol. The molecule has 0 atom stereocenters. The fraction of sp³-hybridized carbons (Fsp3) is 0.188. The lowest BCUT2D eigenvalue weighted by atomic mass is 10.3. The molecule has 3 aromatic heterocycles. The van der Waals surface area contributed by atoms with E-state index in [1.807, 2.05) is 37.3 Å². The SMILES string of the molecule is Cc1ccnc2nc(C(=O)NCCc3nc4ccccc4s3)nn12. The number of benzene rings is 1. The number of hydrogen-bond acceptors (Lipinski definition) is 6. The number of rotatable bonds is 4. The summed E-state index contributed by atoms with van der Waals surface area (Å²) in [6.45, 7) is 2.37. The van der Waals surface area contributed by atoms with Gasteiger partial charge in [0.15, 0.2) is 0 Å². The van der Waals surface area contributed by atoms with Crippen LogP contribution in [0.25, 0.3) is 16.0 Å². The minimum Gasteiger partial charge on any atom is -0.349 e. The Bertz CT molecular complexity index is 1000. The molecule has 0 bridgehead atoms. The molecule has 0 aliphatic carbocycles. The van der Waals surface area contributed by atoms with E-state index in [-0.39, 0.29) is 11.7 Å². The van der Waals surface area contributed by atoms with Gasteiger partial charge in [-0.2, -0.15) is 4.98 Å². The Morgan fingerprint density at radius 2 is 2.12 bits per heavy atom. The molecular formula is C16H14N6OS. The molecule has 1 N–H and O–H groups in total. The first-order chi connectivity index (χ1) is 11.7. The van der Waals surface area contributed by atoms with Gasteiger partial charge < -0.3 is 5.32 Å². The van der Waals surface area contributed by atoms with E-state index in [4.69, 9.17) is 0 Å². The predicted octanol–water partition coefficient (Wildman–Crippen LogP) is 2.01. The molecule has 0 saturated heterocycles. The van der Waals surface area contributed by atoms with Crippen LogP contribution in [-0.2, 0) is 6.42 Å². The number of hydrogen-bond donors (Lipinski definition) is 1. The van der Waals surface area contributed by atoms with Crippen LogP contribution in [0.1, 0.15) is 21.3 Å². The van der Waals surface area contributed by atoms with Crippen LogP contribution in [0.15, 0.2) is 36.5 Å². The largest absolute Gasteiger partial charge is 0.349 e. The number of aromatic nitrogens is 5. The number of nitrogens with one attached hydrogen (secondary N) is 1. The standard InChI is InChI=1S/C16H14N6OS/c1-10-6-8-18-16-20-14(21-22(10)16)15(23)17-9-7-13-19-11-4-2-3-5-12(11)24-13/h2-6,8H,7,9H2,1H3,(H,17,23). The van der Waals surface area contributed by atoms with Crippen molar-refractivity contribution >= 4 is 33.2 Å². The van der Waals surface area contributed by atoms with Gasteiger partial charge in [0.25, 0.3) is 11.7 Å². The molecule has 1 aromatic carbocycles. The highest BCUT2D eigenvalue weighted by atomic mass is 32.1. The van der Waals surface area contributed by atoms with E-state index in [2.05, 4.69) is 25.4 Å². The van der Waals surface area contributed by atoms with Crippen molar-refractivity contribution in [2.45, 2.75) is 13.3 Å². The van der Waals surface area contributed by atoms with Gasteiger partial charge >= 0.3 is 0 Å². The van der Waals surface area contributed by atoms with E-state index >= 15 is 0 Å². The fourth-order valence-corrected chi connectivity index (χ4v) is 3.36. The lowest BCUT2D eigenvalue weighted by Gasteiger charge is -1.99. The molecule has 7 nitrogen and oxygen atoms in total. The average molecular weight is 338 g/mol. The third kappa shape index (κ3) is 2.71. The maximum Gasteiger partial charge on any atom is 0.291 e. The third-order valence-electron chi connectivity index (χ3n) is 3.60. The van der Waals surface area contributed by atoms with Gasteiger partial charge in [-0.25, -0.2) is 14.5 Å². The van der Waals surface area contributed by atoms with Gasteiger partial charge in [-0.3, -0.25) is 4.79 Å². The molecule has 8 heteroatoms. The summed E-state index contributed by atoms with van der Waals surface area (Å²) in [5, 5.41) is 8.02. The van der Waals surface area contributed by atoms with Crippen LogP contribution in [0.5, 0.6) is 0 Å². The average Bonchev–Trinajstić information content (AvgIpc) is 3.18. The Kier molecular flexibility index (Phi) is 3.66. The zero-order valence-electron chi connectivity index (χ0n) is 12.9. The summed E-state index contributed by atoms with van der Waals surface area (Å²) < 4.78 is 2.71. The van der Waals surface area contributed by atoms with Crippen molar-refractivity contribution in [1.29, 1.82) is 0 Å². The molecular weight excluding hydrogens is 324 g/mol. The van der Waals surface area contributed by atoms with Crippen LogP contribution in [0, 0.1) is 6.92 Å². The second-order valence-corrected chi connectivity index (χ2v) is 6.43. The summed E-state index contributed by atoms with van der Waals surface area (Å²) in [6.07, 6.45) is 2.32. The van der Waals surface area contributed by atoms with E-state index in [0.29, 0.717) is 18.7 Å². The van der Waals surface area contributed by atoms with E-state index in [0.717, 1.165) is 20.9 Å². The number of carbonyl (C=O) groups is 1. The van der Waals surface area contributed by atoms with E-state index in [1.54, 1.807) is 22.0 Å². The van der Waals surface area contributed by atoms with Crippen LogP contribution >= 0.6 is 11.3 Å². The highest BCUT2D eigenvalue weighted by Gasteiger charge is 2.14. The van der Waals surface area contributed by atoms with Gasteiger partial charge in [0.05, 0.1) is 15.2 Å². The molecule has 3 heterocycles. The number of nitrogens with zero attached hydrogens (tertiary/aromatic N) is 5. The van der Waals surface area contributed by atoms with Gasteiger partial charge in [0.1, 0.15) is 0 Å². The van der Waals surface area contributed by atoms with Gasteiger partial charge in [0, 0.05) is 24.9 Å². The monoisotopic (exact) mass is 338 g/mol. The van der Waals surface area contributed by atoms with Crippen molar-refractivity contribution in [2.75, 3.05) is 6.54 Å². The second kappa shape index (κ2) is 5.97. The second-order valence-electron chi connectivity index (χ2n) is 5.31. The van der Waals surface area contributed by atoms with Crippen molar-refractivity contribution in [3.05, 3.63) is 53.1 Å². The molecule has 0 spiro atoms. The van der Waals surface area contributed by atoms with Gasteiger partial charge in [0.2, 0.25) is 5.82 Å². The van der Waals surface area contributed by atoms with E-state index in [9.17, 15) is 4.79 Å². The van der Waals surface area contributed by atoms with Crippen molar-refractivity contribution < 1.29 is 4.79 Å². The smallest absolute Gasteiger partial charge is 0.291 e. The maximum absolute atomic E-state index is 12.2. The maximum atomic E-state index is 12.2. The highest BCUT2D eigenvalue weighted by molar-refractivity contribution is 7.18. The molecule has 0 radical (unpaired) electrons. The normalized spacial score (nSPS) is 11.2. The Morgan fingerprint density at radius 3 is 2.96 bits per heavy atom. The van der Waals surface area contributed by atoms with Crippen LogP contribution < -0.4 is 5.32 Å². The molecule has 120 valence electrons. The number of thiazole rings is 1. The molecule has 4 aromatic rings. The van der Waals surface area contributed by atoms with Crippen LogP contribution in [0.3, 0.4) is 0 Å². The Labute approximate surface area is 141 Å². The first kappa shape index (κ1) is 14.7. The molecule has 0 aliphatic rings. The zero-order valence-corrected chi connectivity index (χ0v) is 13.7. The summed E-state index contributed by atoms with van der Waals surface area (Å²) in [5.74, 6) is 0.244. The van der Waals surface area contributed by atoms with Crippen LogP contribution in [0.4, 0.5) is 0 Å². The quantitative estimate of drug-likeness (QED) is 0.615. The Hall–Kier alpha value is -2.87.